The number of rotatable bonds is 4. The SMILES string of the molecule is O=C(O)CCCc1c(F)cc(F)c2occc12. The highest BCUT2D eigenvalue weighted by molar-refractivity contribution is 5.81. The molecular formula is C12H10F2O3. The fourth-order valence-electron chi connectivity index (χ4n) is 1.79. The maximum atomic E-state index is 13.6. The largest absolute Gasteiger partial charge is 0.481 e. The standard InChI is InChI=1S/C12H10F2O3/c13-9-6-10(14)12-8(4-5-17-12)7(9)2-1-3-11(15)16/h4-6H,1-3H2,(H,15,16). The lowest BCUT2D eigenvalue weighted by molar-refractivity contribution is -0.137. The van der Waals surface area contributed by atoms with Crippen LogP contribution >= 0.6 is 0 Å². The van der Waals surface area contributed by atoms with E-state index in [0.29, 0.717) is 17.4 Å². The van der Waals surface area contributed by atoms with E-state index in [-0.39, 0.29) is 18.4 Å². The minimum Gasteiger partial charge on any atom is -0.481 e. The van der Waals surface area contributed by atoms with Crippen LogP contribution in [0.4, 0.5) is 8.78 Å². The summed E-state index contributed by atoms with van der Waals surface area (Å²) in [4.78, 5) is 10.4. The molecule has 90 valence electrons. The van der Waals surface area contributed by atoms with Gasteiger partial charge in [0.25, 0.3) is 0 Å². The minimum absolute atomic E-state index is 0.0109. The summed E-state index contributed by atoms with van der Waals surface area (Å²) < 4.78 is 31.7. The van der Waals surface area contributed by atoms with Crippen LogP contribution in [-0.4, -0.2) is 11.1 Å². The number of hydrogen-bond acceptors (Lipinski definition) is 2. The van der Waals surface area contributed by atoms with E-state index in [9.17, 15) is 13.6 Å². The van der Waals surface area contributed by atoms with Crippen molar-refractivity contribution in [1.82, 2.24) is 0 Å². The first-order chi connectivity index (χ1) is 8.09. The Morgan fingerprint density at radius 1 is 1.35 bits per heavy atom. The molecule has 1 aromatic heterocycles. The molecule has 0 aliphatic heterocycles. The molecule has 1 N–H and O–H groups in total. The Bertz CT molecular complexity index is 560. The second kappa shape index (κ2) is 4.53. The molecule has 1 aromatic carbocycles. The zero-order valence-electron chi connectivity index (χ0n) is 8.87. The summed E-state index contributed by atoms with van der Waals surface area (Å²) in [5.41, 5.74) is 0.313. The van der Waals surface area contributed by atoms with E-state index in [1.54, 1.807) is 0 Å². The minimum atomic E-state index is -0.934. The second-order valence-corrected chi connectivity index (χ2v) is 3.73. The van der Waals surface area contributed by atoms with Crippen molar-refractivity contribution in [1.29, 1.82) is 0 Å². The van der Waals surface area contributed by atoms with Gasteiger partial charge in [0.2, 0.25) is 0 Å². The smallest absolute Gasteiger partial charge is 0.303 e. The number of carbonyl (C=O) groups is 1. The summed E-state index contributed by atoms with van der Waals surface area (Å²) in [6, 6.07) is 2.25. The van der Waals surface area contributed by atoms with Gasteiger partial charge in [-0.1, -0.05) is 0 Å². The van der Waals surface area contributed by atoms with Gasteiger partial charge in [-0.05, 0) is 24.5 Å². The van der Waals surface area contributed by atoms with E-state index in [0.717, 1.165) is 6.07 Å². The van der Waals surface area contributed by atoms with Crippen LogP contribution in [0.2, 0.25) is 0 Å². The van der Waals surface area contributed by atoms with Crippen LogP contribution in [0, 0.1) is 11.6 Å². The topological polar surface area (TPSA) is 50.4 Å². The van der Waals surface area contributed by atoms with E-state index in [1.807, 2.05) is 0 Å². The number of halogens is 2. The van der Waals surface area contributed by atoms with Crippen LogP contribution in [0.3, 0.4) is 0 Å². The molecular weight excluding hydrogens is 230 g/mol. The highest BCUT2D eigenvalue weighted by atomic mass is 19.1. The van der Waals surface area contributed by atoms with E-state index >= 15 is 0 Å². The number of benzene rings is 1. The molecule has 2 aromatic rings. The van der Waals surface area contributed by atoms with E-state index in [1.165, 1.54) is 12.3 Å². The Kier molecular flexibility index (Phi) is 3.08. The van der Waals surface area contributed by atoms with Gasteiger partial charge < -0.3 is 9.52 Å². The number of carboxylic acids is 1. The number of fused-ring (bicyclic) bond motifs is 1. The number of hydrogen-bond donors (Lipinski definition) is 1. The van der Waals surface area contributed by atoms with Crippen molar-refractivity contribution >= 4 is 16.9 Å². The Balaban J connectivity index is 2.32. The average molecular weight is 240 g/mol. The first-order valence-corrected chi connectivity index (χ1v) is 5.15. The van der Waals surface area contributed by atoms with E-state index in [4.69, 9.17) is 9.52 Å². The van der Waals surface area contributed by atoms with Gasteiger partial charge in [-0.2, -0.15) is 0 Å². The van der Waals surface area contributed by atoms with E-state index < -0.39 is 17.6 Å². The van der Waals surface area contributed by atoms with Crippen LogP contribution in [0.15, 0.2) is 22.8 Å². The van der Waals surface area contributed by atoms with Crippen molar-refractivity contribution < 1.29 is 23.1 Å². The van der Waals surface area contributed by atoms with Gasteiger partial charge >= 0.3 is 5.97 Å². The zero-order chi connectivity index (χ0) is 12.4. The second-order valence-electron chi connectivity index (χ2n) is 3.73. The highest BCUT2D eigenvalue weighted by Gasteiger charge is 2.14. The van der Waals surface area contributed by atoms with Crippen LogP contribution < -0.4 is 0 Å². The van der Waals surface area contributed by atoms with Crippen LogP contribution in [0.1, 0.15) is 18.4 Å². The molecule has 5 heteroatoms. The maximum absolute atomic E-state index is 13.6. The summed E-state index contributed by atoms with van der Waals surface area (Å²) in [7, 11) is 0. The molecule has 0 radical (unpaired) electrons. The van der Waals surface area contributed by atoms with Gasteiger partial charge in [-0.3, -0.25) is 4.79 Å². The molecule has 2 rings (SSSR count). The van der Waals surface area contributed by atoms with E-state index in [2.05, 4.69) is 0 Å². The lowest BCUT2D eigenvalue weighted by atomic mass is 10.0. The van der Waals surface area contributed by atoms with Crippen LogP contribution in [-0.2, 0) is 11.2 Å². The number of furan rings is 1. The van der Waals surface area contributed by atoms with Crippen molar-refractivity contribution in [3.8, 4) is 0 Å². The molecule has 0 saturated heterocycles. The molecule has 0 saturated carbocycles. The Labute approximate surface area is 95.7 Å². The Morgan fingerprint density at radius 3 is 2.82 bits per heavy atom. The average Bonchev–Trinajstić information content (AvgIpc) is 2.71. The molecule has 0 aliphatic carbocycles. The molecule has 1 heterocycles. The highest BCUT2D eigenvalue weighted by Crippen LogP contribution is 2.27. The fraction of sp³-hybridized carbons (Fsp3) is 0.250. The molecule has 0 aliphatic rings. The lowest BCUT2D eigenvalue weighted by Gasteiger charge is -2.04. The summed E-state index contributed by atoms with van der Waals surface area (Å²) in [5.74, 6) is -2.35. The summed E-state index contributed by atoms with van der Waals surface area (Å²) in [5, 5.41) is 8.87. The van der Waals surface area contributed by atoms with Crippen molar-refractivity contribution in [2.45, 2.75) is 19.3 Å². The van der Waals surface area contributed by atoms with Gasteiger partial charge in [0.15, 0.2) is 11.4 Å². The summed E-state index contributed by atoms with van der Waals surface area (Å²) in [6.45, 7) is 0. The van der Waals surface area contributed by atoms with Gasteiger partial charge in [0.05, 0.1) is 6.26 Å². The predicted molar refractivity (Wildman–Crippen MR) is 56.7 cm³/mol. The van der Waals surface area contributed by atoms with Gasteiger partial charge in [-0.15, -0.1) is 0 Å². The van der Waals surface area contributed by atoms with Crippen molar-refractivity contribution in [2.75, 3.05) is 0 Å². The van der Waals surface area contributed by atoms with Crippen LogP contribution in [0.5, 0.6) is 0 Å². The third kappa shape index (κ3) is 2.27. The molecule has 17 heavy (non-hydrogen) atoms. The maximum Gasteiger partial charge on any atom is 0.303 e. The molecule has 0 spiro atoms. The van der Waals surface area contributed by atoms with Crippen molar-refractivity contribution in [3.05, 3.63) is 35.6 Å². The van der Waals surface area contributed by atoms with Crippen molar-refractivity contribution in [2.24, 2.45) is 0 Å². The third-order valence-electron chi connectivity index (χ3n) is 2.57. The Morgan fingerprint density at radius 2 is 2.12 bits per heavy atom. The zero-order valence-corrected chi connectivity index (χ0v) is 8.87. The number of aliphatic carboxylic acids is 1. The predicted octanol–water partition coefficient (Wildman–Crippen LogP) is 3.12. The molecule has 0 bridgehead atoms. The monoisotopic (exact) mass is 240 g/mol. The Hall–Kier alpha value is -1.91. The molecule has 0 fully saturated rings. The molecule has 0 atom stereocenters. The number of aryl methyl sites for hydroxylation is 1. The summed E-state index contributed by atoms with van der Waals surface area (Å²) in [6.07, 6.45) is 1.79. The van der Waals surface area contributed by atoms with Gasteiger partial charge in [0.1, 0.15) is 5.82 Å². The van der Waals surface area contributed by atoms with Gasteiger partial charge in [0, 0.05) is 17.9 Å². The third-order valence-corrected chi connectivity index (χ3v) is 2.57. The quantitative estimate of drug-likeness (QED) is 0.893. The van der Waals surface area contributed by atoms with Gasteiger partial charge in [-0.25, -0.2) is 8.78 Å². The first-order valence-electron chi connectivity index (χ1n) is 5.15. The molecule has 0 amide bonds. The summed E-state index contributed by atoms with van der Waals surface area (Å²) >= 11 is 0. The fourth-order valence-corrected chi connectivity index (χ4v) is 1.79. The number of carboxylic acid groups (broad SMARTS) is 1. The normalized spacial score (nSPS) is 10.9. The lowest BCUT2D eigenvalue weighted by Crippen LogP contribution is -1.98. The molecule has 3 nitrogen and oxygen atoms in total. The molecule has 0 unspecified atom stereocenters. The van der Waals surface area contributed by atoms with Crippen LogP contribution in [0.25, 0.3) is 11.0 Å². The van der Waals surface area contributed by atoms with Crippen molar-refractivity contribution in [3.63, 3.8) is 0 Å². The first kappa shape index (κ1) is 11.6.